The van der Waals surface area contributed by atoms with E-state index in [1.807, 2.05) is 0 Å². The van der Waals surface area contributed by atoms with Crippen LogP contribution < -0.4 is 24.6 Å². The molecule has 2 aliphatic rings. The van der Waals surface area contributed by atoms with E-state index < -0.39 is 6.10 Å². The third-order valence-corrected chi connectivity index (χ3v) is 4.87. The molecule has 0 spiro atoms. The van der Waals surface area contributed by atoms with E-state index in [1.165, 1.54) is 9.80 Å². The Kier molecular flexibility index (Phi) is 4.18. The zero-order chi connectivity index (χ0) is 20.0. The fourth-order valence-corrected chi connectivity index (χ4v) is 3.21. The molecule has 0 aromatic heterocycles. The molecule has 8 nitrogen and oxygen atoms in total. The number of carbonyl (C=O) groups excluding carboxylic acids is 3. The van der Waals surface area contributed by atoms with Gasteiger partial charge in [0, 0.05) is 25.3 Å². The largest absolute Gasteiger partial charge is 0.482 e. The predicted octanol–water partition coefficient (Wildman–Crippen LogP) is 2.04. The maximum Gasteiger partial charge on any atom is 0.267 e. The van der Waals surface area contributed by atoms with Crippen LogP contribution in [0.15, 0.2) is 36.4 Å². The third kappa shape index (κ3) is 2.92. The third-order valence-electron chi connectivity index (χ3n) is 4.87. The second kappa shape index (κ2) is 6.56. The highest BCUT2D eigenvalue weighted by Crippen LogP contribution is 2.36. The number of anilines is 3. The van der Waals surface area contributed by atoms with Crippen molar-refractivity contribution in [3.05, 3.63) is 42.0 Å². The first kappa shape index (κ1) is 17.8. The Hall–Kier alpha value is -3.55. The lowest BCUT2D eigenvalue weighted by Gasteiger charge is -2.30. The van der Waals surface area contributed by atoms with Crippen molar-refractivity contribution in [2.24, 2.45) is 0 Å². The number of nitrogens with zero attached hydrogens (tertiary/aromatic N) is 2. The lowest BCUT2D eigenvalue weighted by Crippen LogP contribution is -2.41. The second-order valence-corrected chi connectivity index (χ2v) is 6.72. The van der Waals surface area contributed by atoms with Gasteiger partial charge in [-0.3, -0.25) is 14.4 Å². The second-order valence-electron chi connectivity index (χ2n) is 6.72. The van der Waals surface area contributed by atoms with Gasteiger partial charge in [0.1, 0.15) is 11.5 Å². The molecule has 0 saturated carbocycles. The fraction of sp³-hybridized carbons (Fsp3) is 0.250. The highest BCUT2D eigenvalue weighted by Gasteiger charge is 2.29. The minimum absolute atomic E-state index is 0.0168. The zero-order valence-electron chi connectivity index (χ0n) is 15.7. The molecular weight excluding hydrogens is 362 g/mol. The molecule has 2 aromatic rings. The van der Waals surface area contributed by atoms with Crippen molar-refractivity contribution < 1.29 is 23.9 Å². The van der Waals surface area contributed by atoms with Crippen LogP contribution in [0.3, 0.4) is 0 Å². The fourth-order valence-electron chi connectivity index (χ4n) is 3.21. The Bertz CT molecular complexity index is 1000. The van der Waals surface area contributed by atoms with E-state index in [4.69, 9.17) is 9.47 Å². The SMILES string of the molecule is CC1Oc2ccc(NC(=O)c3ccc4c(c3)N(C)C(=O)CO4)cc2N(C)C1=O. The van der Waals surface area contributed by atoms with Crippen molar-refractivity contribution in [3.8, 4) is 11.5 Å². The van der Waals surface area contributed by atoms with Gasteiger partial charge in [-0.1, -0.05) is 0 Å². The van der Waals surface area contributed by atoms with Crippen LogP contribution in [0.25, 0.3) is 0 Å². The molecule has 1 atom stereocenters. The topological polar surface area (TPSA) is 88.2 Å². The number of fused-ring (bicyclic) bond motifs is 2. The maximum atomic E-state index is 12.7. The monoisotopic (exact) mass is 381 g/mol. The molecule has 1 unspecified atom stereocenters. The molecule has 28 heavy (non-hydrogen) atoms. The quantitative estimate of drug-likeness (QED) is 0.860. The molecule has 8 heteroatoms. The summed E-state index contributed by atoms with van der Waals surface area (Å²) in [5.41, 5.74) is 2.04. The maximum absolute atomic E-state index is 12.7. The lowest BCUT2D eigenvalue weighted by atomic mass is 10.1. The number of hydrogen-bond donors (Lipinski definition) is 1. The van der Waals surface area contributed by atoms with Gasteiger partial charge >= 0.3 is 0 Å². The smallest absolute Gasteiger partial charge is 0.267 e. The summed E-state index contributed by atoms with van der Waals surface area (Å²) in [5.74, 6) is 0.464. The Morgan fingerprint density at radius 1 is 1.04 bits per heavy atom. The number of rotatable bonds is 2. The van der Waals surface area contributed by atoms with Crippen molar-refractivity contribution >= 4 is 34.8 Å². The van der Waals surface area contributed by atoms with Crippen LogP contribution in [0.1, 0.15) is 17.3 Å². The molecule has 144 valence electrons. The van der Waals surface area contributed by atoms with Crippen molar-refractivity contribution in [2.75, 3.05) is 35.8 Å². The van der Waals surface area contributed by atoms with Crippen LogP contribution in [0.4, 0.5) is 17.1 Å². The molecule has 0 saturated heterocycles. The van der Waals surface area contributed by atoms with Crippen molar-refractivity contribution in [1.29, 1.82) is 0 Å². The number of amides is 3. The molecule has 2 heterocycles. The van der Waals surface area contributed by atoms with Gasteiger partial charge in [-0.25, -0.2) is 0 Å². The normalized spacial score (nSPS) is 18.0. The van der Waals surface area contributed by atoms with E-state index in [9.17, 15) is 14.4 Å². The molecule has 4 rings (SSSR count). The van der Waals surface area contributed by atoms with E-state index >= 15 is 0 Å². The summed E-state index contributed by atoms with van der Waals surface area (Å²) in [6.45, 7) is 1.68. The summed E-state index contributed by atoms with van der Waals surface area (Å²) in [6.07, 6.45) is -0.546. The highest BCUT2D eigenvalue weighted by atomic mass is 16.5. The summed E-state index contributed by atoms with van der Waals surface area (Å²) in [7, 11) is 3.31. The minimum atomic E-state index is -0.546. The summed E-state index contributed by atoms with van der Waals surface area (Å²) >= 11 is 0. The average molecular weight is 381 g/mol. The average Bonchev–Trinajstić information content (AvgIpc) is 2.69. The van der Waals surface area contributed by atoms with E-state index in [2.05, 4.69) is 5.32 Å². The Balaban J connectivity index is 1.58. The van der Waals surface area contributed by atoms with Gasteiger partial charge in [0.15, 0.2) is 12.7 Å². The van der Waals surface area contributed by atoms with Crippen LogP contribution in [0.2, 0.25) is 0 Å². The molecule has 1 N–H and O–H groups in total. The van der Waals surface area contributed by atoms with Gasteiger partial charge < -0.3 is 24.6 Å². The number of likely N-dealkylation sites (N-methyl/N-ethyl adjacent to an activating group) is 2. The standard InChI is InChI=1S/C20H19N3O5/c1-11-20(26)23(3)15-9-13(5-7-17(15)28-11)21-19(25)12-4-6-16-14(8-12)22(2)18(24)10-27-16/h4-9,11H,10H2,1-3H3,(H,21,25). The van der Waals surface area contributed by atoms with Gasteiger partial charge in [0.25, 0.3) is 17.7 Å². The lowest BCUT2D eigenvalue weighted by molar-refractivity contribution is -0.125. The van der Waals surface area contributed by atoms with E-state index in [1.54, 1.807) is 57.4 Å². The van der Waals surface area contributed by atoms with Crippen LogP contribution in [0.5, 0.6) is 11.5 Å². The molecule has 0 aliphatic carbocycles. The van der Waals surface area contributed by atoms with Gasteiger partial charge in [0.05, 0.1) is 11.4 Å². The predicted molar refractivity (Wildman–Crippen MR) is 103 cm³/mol. The molecule has 3 amide bonds. The van der Waals surface area contributed by atoms with Crippen LogP contribution in [-0.4, -0.2) is 44.5 Å². The Morgan fingerprint density at radius 2 is 1.75 bits per heavy atom. The number of hydrogen-bond acceptors (Lipinski definition) is 5. The Morgan fingerprint density at radius 3 is 2.54 bits per heavy atom. The molecule has 2 aliphatic heterocycles. The summed E-state index contributed by atoms with van der Waals surface area (Å²) in [4.78, 5) is 39.6. The van der Waals surface area contributed by atoms with Crippen LogP contribution >= 0.6 is 0 Å². The van der Waals surface area contributed by atoms with Gasteiger partial charge in [-0.05, 0) is 43.3 Å². The highest BCUT2D eigenvalue weighted by molar-refractivity contribution is 6.07. The number of benzene rings is 2. The molecule has 0 fully saturated rings. The first-order valence-corrected chi connectivity index (χ1v) is 8.78. The summed E-state index contributed by atoms with van der Waals surface area (Å²) in [5, 5.41) is 2.81. The first-order chi connectivity index (χ1) is 13.3. The van der Waals surface area contributed by atoms with Crippen LogP contribution in [-0.2, 0) is 9.59 Å². The number of carbonyl (C=O) groups is 3. The first-order valence-electron chi connectivity index (χ1n) is 8.78. The Labute approximate surface area is 161 Å². The van der Waals surface area contributed by atoms with E-state index in [0.717, 1.165) is 0 Å². The van der Waals surface area contributed by atoms with Crippen LogP contribution in [0, 0.1) is 0 Å². The molecular formula is C20H19N3O5. The van der Waals surface area contributed by atoms with E-state index in [-0.39, 0.29) is 24.3 Å². The number of ether oxygens (including phenoxy) is 2. The summed E-state index contributed by atoms with van der Waals surface area (Å²) in [6, 6.07) is 10.0. The molecule has 2 aromatic carbocycles. The van der Waals surface area contributed by atoms with Gasteiger partial charge in [-0.2, -0.15) is 0 Å². The molecule has 0 bridgehead atoms. The van der Waals surface area contributed by atoms with Crippen molar-refractivity contribution in [1.82, 2.24) is 0 Å². The number of nitrogens with one attached hydrogen (secondary N) is 1. The minimum Gasteiger partial charge on any atom is -0.482 e. The van der Waals surface area contributed by atoms with Gasteiger partial charge in [0.2, 0.25) is 0 Å². The van der Waals surface area contributed by atoms with Crippen molar-refractivity contribution in [2.45, 2.75) is 13.0 Å². The zero-order valence-corrected chi connectivity index (χ0v) is 15.7. The summed E-state index contributed by atoms with van der Waals surface area (Å²) < 4.78 is 11.0. The molecule has 0 radical (unpaired) electrons. The van der Waals surface area contributed by atoms with Gasteiger partial charge in [-0.15, -0.1) is 0 Å². The van der Waals surface area contributed by atoms with E-state index in [0.29, 0.717) is 34.1 Å². The van der Waals surface area contributed by atoms with Crippen molar-refractivity contribution in [3.63, 3.8) is 0 Å².